The van der Waals surface area contributed by atoms with Gasteiger partial charge in [-0.15, -0.1) is 0 Å². The molecule has 0 aliphatic heterocycles. The zero-order valence-electron chi connectivity index (χ0n) is 8.57. The molecule has 1 atom stereocenters. The molecule has 2 nitrogen and oxygen atoms in total. The second kappa shape index (κ2) is 4.29. The Morgan fingerprint density at radius 3 is 2.36 bits per heavy atom. The molecule has 0 aliphatic rings. The molecular weight excluding hydrogens is 210 g/mol. The van der Waals surface area contributed by atoms with Crippen molar-refractivity contribution in [3.63, 3.8) is 0 Å². The van der Waals surface area contributed by atoms with Gasteiger partial charge in [0.2, 0.25) is 0 Å². The third-order valence-corrected chi connectivity index (χ3v) is 7.30. The van der Waals surface area contributed by atoms with Crippen LogP contribution in [0, 0.1) is 0 Å². The summed E-state index contributed by atoms with van der Waals surface area (Å²) in [6, 6.07) is 8.75. The Morgan fingerprint density at radius 2 is 1.79 bits per heavy atom. The Hall–Kier alpha value is -0.580. The molecule has 1 unspecified atom stereocenters. The molecule has 0 saturated heterocycles. The SMILES string of the molecule is Cn1cccc1P[PH3]c1cccn1C. The summed E-state index contributed by atoms with van der Waals surface area (Å²) in [5.41, 5.74) is 3.03. The summed E-state index contributed by atoms with van der Waals surface area (Å²) in [5, 5.41) is 0. The van der Waals surface area contributed by atoms with Gasteiger partial charge in [0.15, 0.2) is 0 Å². The van der Waals surface area contributed by atoms with E-state index in [-0.39, 0.29) is 8.27 Å². The number of hydrogen-bond acceptors (Lipinski definition) is 0. The zero-order valence-corrected chi connectivity index (χ0v) is 11.0. The maximum atomic E-state index is 2.25. The molecule has 0 fully saturated rings. The predicted molar refractivity (Wildman–Crippen MR) is 69.5 cm³/mol. The number of aryl methyl sites for hydroxylation is 2. The van der Waals surface area contributed by atoms with Gasteiger partial charge in [0.05, 0.1) is 0 Å². The fourth-order valence-electron chi connectivity index (χ4n) is 1.51. The Bertz CT molecular complexity index is 377. The molecule has 76 valence electrons. The van der Waals surface area contributed by atoms with Crippen molar-refractivity contribution in [2.75, 3.05) is 0 Å². The number of hydrogen-bond donors (Lipinski definition) is 0. The fraction of sp³-hybridized carbons (Fsp3) is 0.200. The van der Waals surface area contributed by atoms with Crippen molar-refractivity contribution in [1.82, 2.24) is 9.13 Å². The van der Waals surface area contributed by atoms with Crippen molar-refractivity contribution >= 4 is 27.4 Å². The second-order valence-electron chi connectivity index (χ2n) is 3.47. The molecule has 0 radical (unpaired) electrons. The second-order valence-corrected chi connectivity index (χ2v) is 7.53. The van der Waals surface area contributed by atoms with Crippen LogP contribution in [-0.2, 0) is 14.1 Å². The Morgan fingerprint density at radius 1 is 1.07 bits per heavy atom. The number of aromatic nitrogens is 2. The molecule has 2 aromatic rings. The Labute approximate surface area is 87.8 Å². The van der Waals surface area contributed by atoms with E-state index in [1.54, 1.807) is 5.44 Å². The van der Waals surface area contributed by atoms with Crippen LogP contribution in [0.15, 0.2) is 36.7 Å². The molecule has 2 heterocycles. The van der Waals surface area contributed by atoms with E-state index in [2.05, 4.69) is 59.9 Å². The van der Waals surface area contributed by atoms with Crippen molar-refractivity contribution in [1.29, 1.82) is 0 Å². The quantitative estimate of drug-likeness (QED) is 0.692. The summed E-state index contributed by atoms with van der Waals surface area (Å²) in [7, 11) is 5.14. The van der Waals surface area contributed by atoms with Crippen LogP contribution in [0.25, 0.3) is 0 Å². The van der Waals surface area contributed by atoms with Crippen LogP contribution in [0.1, 0.15) is 0 Å². The van der Waals surface area contributed by atoms with E-state index < -0.39 is 0 Å². The van der Waals surface area contributed by atoms with Crippen LogP contribution in [0.4, 0.5) is 0 Å². The normalized spacial score (nSPS) is 11.9. The van der Waals surface area contributed by atoms with Crippen molar-refractivity contribution in [3.05, 3.63) is 36.7 Å². The van der Waals surface area contributed by atoms with Gasteiger partial charge in [-0.05, 0) is 0 Å². The van der Waals surface area contributed by atoms with Gasteiger partial charge >= 0.3 is 87.3 Å². The molecule has 0 aromatic carbocycles. The van der Waals surface area contributed by atoms with E-state index in [0.717, 1.165) is 8.27 Å². The fourth-order valence-corrected chi connectivity index (χ4v) is 6.31. The number of nitrogens with zero attached hydrogens (tertiary/aromatic N) is 2. The van der Waals surface area contributed by atoms with Crippen LogP contribution in [0.3, 0.4) is 0 Å². The van der Waals surface area contributed by atoms with Crippen LogP contribution >= 0.6 is 16.5 Å². The first-order chi connectivity index (χ1) is 6.77. The van der Waals surface area contributed by atoms with Crippen molar-refractivity contribution in [2.24, 2.45) is 14.1 Å². The first-order valence-corrected chi connectivity index (χ1v) is 8.76. The summed E-state index contributed by atoms with van der Waals surface area (Å²) in [5.74, 6) is 0. The first kappa shape index (κ1) is 9.96. The van der Waals surface area contributed by atoms with Gasteiger partial charge in [0.25, 0.3) is 0 Å². The zero-order chi connectivity index (χ0) is 9.97. The first-order valence-electron chi connectivity index (χ1n) is 4.73. The molecular formula is C10H16N2P2. The Kier molecular flexibility index (Phi) is 3.05. The Balaban J connectivity index is 2.02. The molecule has 2 aromatic heterocycles. The average molecular weight is 226 g/mol. The van der Waals surface area contributed by atoms with E-state index in [4.69, 9.17) is 0 Å². The molecule has 0 aliphatic carbocycles. The van der Waals surface area contributed by atoms with Gasteiger partial charge in [-0.3, -0.25) is 0 Å². The third-order valence-electron chi connectivity index (χ3n) is 2.45. The van der Waals surface area contributed by atoms with Crippen molar-refractivity contribution < 1.29 is 0 Å². The molecule has 0 amide bonds. The summed E-state index contributed by atoms with van der Waals surface area (Å²) in [6.07, 6.45) is 4.26. The van der Waals surface area contributed by atoms with Crippen LogP contribution in [-0.4, -0.2) is 9.13 Å². The van der Waals surface area contributed by atoms with Gasteiger partial charge in [-0.25, -0.2) is 0 Å². The topological polar surface area (TPSA) is 9.86 Å². The molecule has 0 saturated carbocycles. The van der Waals surface area contributed by atoms with E-state index in [0.29, 0.717) is 0 Å². The van der Waals surface area contributed by atoms with Gasteiger partial charge < -0.3 is 0 Å². The summed E-state index contributed by atoms with van der Waals surface area (Å²) >= 11 is 0. The minimum atomic E-state index is -0.119. The summed E-state index contributed by atoms with van der Waals surface area (Å²) in [4.78, 5) is 0. The van der Waals surface area contributed by atoms with Crippen LogP contribution < -0.4 is 10.9 Å². The third kappa shape index (κ3) is 2.08. The van der Waals surface area contributed by atoms with Crippen molar-refractivity contribution in [3.8, 4) is 0 Å². The van der Waals surface area contributed by atoms with E-state index in [1.807, 2.05) is 0 Å². The van der Waals surface area contributed by atoms with Gasteiger partial charge in [0, 0.05) is 0 Å². The molecule has 2 rings (SSSR count). The van der Waals surface area contributed by atoms with E-state index >= 15 is 0 Å². The summed E-state index contributed by atoms with van der Waals surface area (Å²) < 4.78 is 4.48. The van der Waals surface area contributed by atoms with E-state index in [1.165, 1.54) is 5.44 Å². The van der Waals surface area contributed by atoms with Gasteiger partial charge in [0.1, 0.15) is 0 Å². The van der Waals surface area contributed by atoms with Crippen LogP contribution in [0.5, 0.6) is 0 Å². The molecule has 4 heteroatoms. The van der Waals surface area contributed by atoms with Gasteiger partial charge in [-0.2, -0.15) is 0 Å². The minimum absolute atomic E-state index is 0.119. The number of rotatable bonds is 3. The maximum absolute atomic E-state index is 2.25. The van der Waals surface area contributed by atoms with E-state index in [9.17, 15) is 0 Å². The van der Waals surface area contributed by atoms with Crippen LogP contribution in [0.2, 0.25) is 0 Å². The van der Waals surface area contributed by atoms with Crippen molar-refractivity contribution in [2.45, 2.75) is 0 Å². The van der Waals surface area contributed by atoms with Gasteiger partial charge in [-0.1, -0.05) is 0 Å². The molecule has 14 heavy (non-hydrogen) atoms. The standard InChI is InChI=1S/C10H16N2P2/c1-11-7-3-5-9(11)13-14-10-6-4-8-12(10)2/h3-8,13H,1-2,14H3. The average Bonchev–Trinajstić information content (AvgIpc) is 2.72. The molecule has 0 bridgehead atoms. The molecule has 0 N–H and O–H groups in total. The summed E-state index contributed by atoms with van der Waals surface area (Å²) in [6.45, 7) is 0. The predicted octanol–water partition coefficient (Wildman–Crippen LogP) is 1.05. The molecule has 0 spiro atoms. The monoisotopic (exact) mass is 226 g/mol.